The third-order valence-corrected chi connectivity index (χ3v) is 7.39. The first-order valence-electron chi connectivity index (χ1n) is 7.74. The van der Waals surface area contributed by atoms with E-state index in [4.69, 9.17) is 16.7 Å². The van der Waals surface area contributed by atoms with Crippen LogP contribution in [0.2, 0.25) is 5.15 Å². The number of amides is 1. The summed E-state index contributed by atoms with van der Waals surface area (Å²) in [6, 6.07) is 7.00. The maximum atomic E-state index is 14.3. The van der Waals surface area contributed by atoms with Crippen molar-refractivity contribution in [3.05, 3.63) is 58.7 Å². The Bertz CT molecular complexity index is 1130. The Morgan fingerprint density at radius 2 is 2.04 bits per heavy atom. The van der Waals surface area contributed by atoms with Gasteiger partial charge in [-0.15, -0.1) is 11.3 Å². The summed E-state index contributed by atoms with van der Waals surface area (Å²) in [6.45, 7) is -0.0523. The lowest BCUT2D eigenvalue weighted by Crippen LogP contribution is -2.23. The van der Waals surface area contributed by atoms with Crippen LogP contribution in [0.1, 0.15) is 4.88 Å². The molecule has 3 aromatic rings. The van der Waals surface area contributed by atoms with Gasteiger partial charge in [-0.1, -0.05) is 11.6 Å². The van der Waals surface area contributed by atoms with Gasteiger partial charge in [0.2, 0.25) is 15.8 Å². The molecule has 0 saturated heterocycles. The first-order valence-corrected chi connectivity index (χ1v) is 10.4. The van der Waals surface area contributed by atoms with Crippen LogP contribution in [0, 0.1) is 5.95 Å². The molecule has 28 heavy (non-hydrogen) atoms. The van der Waals surface area contributed by atoms with Gasteiger partial charge in [-0.3, -0.25) is 0 Å². The summed E-state index contributed by atoms with van der Waals surface area (Å²) in [5, 5.41) is 9.20. The van der Waals surface area contributed by atoms with E-state index in [0.29, 0.717) is 4.88 Å². The van der Waals surface area contributed by atoms with E-state index < -0.39 is 21.9 Å². The van der Waals surface area contributed by atoms with E-state index in [1.165, 1.54) is 43.6 Å². The normalized spacial score (nSPS) is 11.4. The molecule has 0 fully saturated rings. The lowest BCUT2D eigenvalue weighted by atomic mass is 10.1. The van der Waals surface area contributed by atoms with Crippen LogP contribution < -0.4 is 0 Å². The topological polar surface area (TPSA) is 100 Å². The lowest BCUT2D eigenvalue weighted by Gasteiger charge is -2.10. The van der Waals surface area contributed by atoms with Crippen LogP contribution >= 0.6 is 22.9 Å². The second kappa shape index (κ2) is 7.82. The van der Waals surface area contributed by atoms with E-state index in [9.17, 15) is 17.6 Å². The van der Waals surface area contributed by atoms with Crippen LogP contribution in [0.25, 0.3) is 11.1 Å². The molecule has 0 bridgehead atoms. The Labute approximate surface area is 169 Å². The van der Waals surface area contributed by atoms with Crippen LogP contribution in [-0.4, -0.2) is 41.5 Å². The average Bonchev–Trinajstić information content (AvgIpc) is 3.06. The number of thiophene rings is 1. The van der Waals surface area contributed by atoms with Gasteiger partial charge in [0.15, 0.2) is 0 Å². The minimum atomic E-state index is -4.05. The third kappa shape index (κ3) is 3.98. The highest BCUT2D eigenvalue weighted by molar-refractivity contribution is 7.93. The fraction of sp³-hybridized carbons (Fsp3) is 0.118. The molecular weight excluding hydrogens is 429 g/mol. The number of carbonyl (C=O) groups is 1. The minimum absolute atomic E-state index is 0.00322. The maximum Gasteiger partial charge on any atom is 0.407 e. The molecule has 0 aliphatic carbocycles. The van der Waals surface area contributed by atoms with Crippen molar-refractivity contribution in [3.8, 4) is 11.1 Å². The van der Waals surface area contributed by atoms with Gasteiger partial charge in [-0.25, -0.2) is 23.2 Å². The summed E-state index contributed by atoms with van der Waals surface area (Å²) >= 11 is 6.59. The van der Waals surface area contributed by atoms with E-state index >= 15 is 0 Å². The van der Waals surface area contributed by atoms with E-state index in [1.54, 1.807) is 0 Å². The van der Waals surface area contributed by atoms with Crippen molar-refractivity contribution >= 4 is 38.9 Å². The zero-order chi connectivity index (χ0) is 20.5. The van der Waals surface area contributed by atoms with Gasteiger partial charge in [-0.2, -0.15) is 4.39 Å². The molecule has 11 heteroatoms. The predicted molar refractivity (Wildman–Crippen MR) is 102 cm³/mol. The molecule has 146 valence electrons. The summed E-state index contributed by atoms with van der Waals surface area (Å²) in [4.78, 5) is 19.8. The van der Waals surface area contributed by atoms with E-state index in [-0.39, 0.29) is 31.9 Å². The molecule has 0 aliphatic rings. The molecule has 1 amide bonds. The standard InChI is InChI=1S/C17H13ClFN3O4S2/c1-22(17(23)24)9-10-7-13(12-3-2-6-20-15(12)19)16(27-10)28(25,26)11-4-5-14(18)21-8-11/h2-8H,9H2,1H3,(H,23,24). The van der Waals surface area contributed by atoms with Gasteiger partial charge in [0, 0.05) is 35.4 Å². The van der Waals surface area contributed by atoms with Gasteiger partial charge < -0.3 is 10.0 Å². The molecule has 0 spiro atoms. The molecule has 3 rings (SSSR count). The fourth-order valence-electron chi connectivity index (χ4n) is 2.41. The monoisotopic (exact) mass is 441 g/mol. The smallest absolute Gasteiger partial charge is 0.407 e. The third-order valence-electron chi connectivity index (χ3n) is 3.77. The minimum Gasteiger partial charge on any atom is -0.465 e. The van der Waals surface area contributed by atoms with Crippen LogP contribution in [-0.2, 0) is 16.4 Å². The largest absolute Gasteiger partial charge is 0.465 e. The van der Waals surface area contributed by atoms with Crippen LogP contribution in [0.4, 0.5) is 9.18 Å². The quantitative estimate of drug-likeness (QED) is 0.602. The first kappa shape index (κ1) is 20.2. The van der Waals surface area contributed by atoms with Crippen LogP contribution in [0.3, 0.4) is 0 Å². The number of aromatic nitrogens is 2. The van der Waals surface area contributed by atoms with Crippen molar-refractivity contribution in [2.24, 2.45) is 0 Å². The molecule has 1 N–H and O–H groups in total. The van der Waals surface area contributed by atoms with E-state index in [0.717, 1.165) is 22.4 Å². The summed E-state index contributed by atoms with van der Waals surface area (Å²) in [5.74, 6) is -0.830. The number of halogens is 2. The highest BCUT2D eigenvalue weighted by atomic mass is 35.5. The number of hydrogen-bond acceptors (Lipinski definition) is 6. The summed E-state index contributed by atoms with van der Waals surface area (Å²) in [5.41, 5.74) is 0.114. The number of carboxylic acid groups (broad SMARTS) is 1. The molecule has 7 nitrogen and oxygen atoms in total. The molecule has 3 heterocycles. The van der Waals surface area contributed by atoms with E-state index in [2.05, 4.69) is 9.97 Å². The summed E-state index contributed by atoms with van der Waals surface area (Å²) in [6.07, 6.45) is 1.19. The Morgan fingerprint density at radius 3 is 2.64 bits per heavy atom. The number of pyridine rings is 2. The first-order chi connectivity index (χ1) is 13.2. The zero-order valence-corrected chi connectivity index (χ0v) is 16.7. The Balaban J connectivity index is 2.18. The number of hydrogen-bond donors (Lipinski definition) is 1. The van der Waals surface area contributed by atoms with E-state index in [1.807, 2.05) is 0 Å². The average molecular weight is 442 g/mol. The van der Waals surface area contributed by atoms with Crippen molar-refractivity contribution in [1.29, 1.82) is 0 Å². The lowest BCUT2D eigenvalue weighted by molar-refractivity contribution is 0.154. The summed E-state index contributed by atoms with van der Waals surface area (Å²) < 4.78 is 40.4. The Kier molecular flexibility index (Phi) is 5.64. The van der Waals surface area contributed by atoms with Crippen molar-refractivity contribution in [1.82, 2.24) is 14.9 Å². The van der Waals surface area contributed by atoms with Crippen LogP contribution in [0.5, 0.6) is 0 Å². The van der Waals surface area contributed by atoms with Gasteiger partial charge in [0.25, 0.3) is 0 Å². The molecule has 0 radical (unpaired) electrons. The van der Waals surface area contributed by atoms with Gasteiger partial charge >= 0.3 is 6.09 Å². The van der Waals surface area contributed by atoms with Gasteiger partial charge in [-0.05, 0) is 30.3 Å². The molecular formula is C17H13ClFN3O4S2. The van der Waals surface area contributed by atoms with Crippen molar-refractivity contribution < 1.29 is 22.7 Å². The predicted octanol–water partition coefficient (Wildman–Crippen LogP) is 3.94. The van der Waals surface area contributed by atoms with Crippen molar-refractivity contribution in [3.63, 3.8) is 0 Å². The fourth-order valence-corrected chi connectivity index (χ4v) is 5.63. The molecule has 0 aromatic carbocycles. The van der Waals surface area contributed by atoms with Crippen molar-refractivity contribution in [2.75, 3.05) is 7.05 Å². The molecule has 0 saturated carbocycles. The van der Waals surface area contributed by atoms with Gasteiger partial charge in [0.05, 0.1) is 11.4 Å². The Morgan fingerprint density at radius 1 is 1.29 bits per heavy atom. The highest BCUT2D eigenvalue weighted by Gasteiger charge is 2.28. The Hall–Kier alpha value is -2.56. The highest BCUT2D eigenvalue weighted by Crippen LogP contribution is 2.39. The second-order valence-corrected chi connectivity index (χ2v) is 9.38. The number of sulfone groups is 1. The second-order valence-electron chi connectivity index (χ2n) is 5.71. The SMILES string of the molecule is CN(Cc1cc(-c2cccnc2F)c(S(=O)(=O)c2ccc(Cl)nc2)s1)C(=O)O. The maximum absolute atomic E-state index is 14.3. The number of nitrogens with zero attached hydrogens (tertiary/aromatic N) is 3. The molecule has 3 aromatic heterocycles. The van der Waals surface area contributed by atoms with Crippen molar-refractivity contribution in [2.45, 2.75) is 15.6 Å². The van der Waals surface area contributed by atoms with Gasteiger partial charge in [0.1, 0.15) is 9.36 Å². The zero-order valence-electron chi connectivity index (χ0n) is 14.3. The molecule has 0 atom stereocenters. The number of rotatable bonds is 5. The van der Waals surface area contributed by atoms with Crippen LogP contribution in [0.15, 0.2) is 51.8 Å². The summed E-state index contributed by atoms with van der Waals surface area (Å²) in [7, 11) is -2.70. The molecule has 0 aliphatic heterocycles. The molecule has 0 unspecified atom stereocenters.